The number of pyridine rings is 1. The highest BCUT2D eigenvalue weighted by Crippen LogP contribution is 2.10. The van der Waals surface area contributed by atoms with Crippen LogP contribution in [0, 0.1) is 6.92 Å². The number of aryl methyl sites for hydroxylation is 1. The summed E-state index contributed by atoms with van der Waals surface area (Å²) in [4.78, 5) is 21.2. The van der Waals surface area contributed by atoms with E-state index in [4.69, 9.17) is 0 Å². The molecule has 0 aliphatic rings. The predicted octanol–water partition coefficient (Wildman–Crippen LogP) is -0.0482. The van der Waals surface area contributed by atoms with Crippen LogP contribution in [0.1, 0.15) is 11.4 Å². The van der Waals surface area contributed by atoms with Crippen molar-refractivity contribution < 1.29 is 8.42 Å². The van der Waals surface area contributed by atoms with Gasteiger partial charge in [-0.25, -0.2) is 23.1 Å². The van der Waals surface area contributed by atoms with Crippen molar-refractivity contribution in [3.05, 3.63) is 52.3 Å². The van der Waals surface area contributed by atoms with Crippen LogP contribution in [-0.4, -0.2) is 23.4 Å². The maximum Gasteiger partial charge on any atom is 0.258 e. The topological polar surface area (TPSA) is 105 Å². The molecule has 2 aromatic rings. The van der Waals surface area contributed by atoms with Crippen molar-refractivity contribution in [2.45, 2.75) is 18.5 Å². The molecule has 2 rings (SSSR count). The fourth-order valence-corrected chi connectivity index (χ4v) is 2.64. The Bertz CT molecular complexity index is 739. The van der Waals surface area contributed by atoms with Gasteiger partial charge < -0.3 is 4.98 Å². The summed E-state index contributed by atoms with van der Waals surface area (Å²) in [5.74, 6) is 0.240. The van der Waals surface area contributed by atoms with Gasteiger partial charge in [0.05, 0.1) is 6.54 Å². The second kappa shape index (κ2) is 5.29. The molecular weight excluding hydrogens is 268 g/mol. The van der Waals surface area contributed by atoms with Crippen LogP contribution in [0.3, 0.4) is 0 Å². The molecule has 7 nitrogen and oxygen atoms in total. The molecule has 0 aromatic carbocycles. The first-order chi connectivity index (χ1) is 8.99. The lowest BCUT2D eigenvalue weighted by Crippen LogP contribution is -2.26. The molecule has 8 heteroatoms. The molecule has 2 N–H and O–H groups in total. The van der Waals surface area contributed by atoms with Crippen molar-refractivity contribution in [1.82, 2.24) is 19.7 Å². The summed E-state index contributed by atoms with van der Waals surface area (Å²) >= 11 is 0. The van der Waals surface area contributed by atoms with Gasteiger partial charge >= 0.3 is 0 Å². The number of sulfonamides is 1. The Hall–Kier alpha value is -2.06. The van der Waals surface area contributed by atoms with Gasteiger partial charge in [0, 0.05) is 18.5 Å². The average Bonchev–Trinajstić information content (AvgIpc) is 2.37. The lowest BCUT2D eigenvalue weighted by Gasteiger charge is -2.07. The van der Waals surface area contributed by atoms with E-state index in [9.17, 15) is 13.2 Å². The second-order valence-corrected chi connectivity index (χ2v) is 5.51. The average molecular weight is 280 g/mol. The van der Waals surface area contributed by atoms with Crippen LogP contribution < -0.4 is 10.3 Å². The summed E-state index contributed by atoms with van der Waals surface area (Å²) < 4.78 is 26.4. The van der Waals surface area contributed by atoms with Gasteiger partial charge in [-0.1, -0.05) is 6.07 Å². The molecule has 0 unspecified atom stereocenters. The Kier molecular flexibility index (Phi) is 3.72. The zero-order valence-corrected chi connectivity index (χ0v) is 10.9. The Morgan fingerprint density at radius 2 is 2.05 bits per heavy atom. The maximum absolute atomic E-state index is 12.0. The zero-order valence-electron chi connectivity index (χ0n) is 10.1. The number of aromatic amines is 1. The molecule has 0 radical (unpaired) electrons. The van der Waals surface area contributed by atoms with Crippen molar-refractivity contribution in [2.75, 3.05) is 0 Å². The standard InChI is InChI=1S/C11H12N4O3S/c1-8-3-2-5-13-11(8)19(17,18)14-7-9-12-6-4-10(16)15-9/h2-6,14H,7H2,1H3,(H,12,15,16). The number of nitrogens with one attached hydrogen (secondary N) is 2. The first-order valence-electron chi connectivity index (χ1n) is 5.44. The van der Waals surface area contributed by atoms with Crippen LogP contribution in [0.2, 0.25) is 0 Å². The highest BCUT2D eigenvalue weighted by atomic mass is 32.2. The van der Waals surface area contributed by atoms with E-state index in [2.05, 4.69) is 19.7 Å². The third-order valence-electron chi connectivity index (χ3n) is 2.37. The summed E-state index contributed by atoms with van der Waals surface area (Å²) in [6.07, 6.45) is 2.72. The Labute approximate surface area is 109 Å². The lowest BCUT2D eigenvalue weighted by atomic mass is 10.3. The summed E-state index contributed by atoms with van der Waals surface area (Å²) in [7, 11) is -3.73. The van der Waals surface area contributed by atoms with Gasteiger partial charge in [-0.05, 0) is 18.6 Å². The first-order valence-corrected chi connectivity index (χ1v) is 6.93. The Balaban J connectivity index is 2.19. The minimum Gasteiger partial charge on any atom is -0.309 e. The van der Waals surface area contributed by atoms with E-state index < -0.39 is 10.0 Å². The third-order valence-corrected chi connectivity index (χ3v) is 3.83. The summed E-state index contributed by atoms with van der Waals surface area (Å²) in [5, 5.41) is -0.0340. The van der Waals surface area contributed by atoms with E-state index in [-0.39, 0.29) is 23.0 Å². The Morgan fingerprint density at radius 3 is 2.74 bits per heavy atom. The molecule has 0 saturated carbocycles. The fourth-order valence-electron chi connectivity index (χ4n) is 1.49. The largest absolute Gasteiger partial charge is 0.309 e. The molecule has 19 heavy (non-hydrogen) atoms. The zero-order chi connectivity index (χ0) is 13.9. The van der Waals surface area contributed by atoms with E-state index in [1.54, 1.807) is 19.1 Å². The van der Waals surface area contributed by atoms with Crippen LogP contribution in [0.4, 0.5) is 0 Å². The molecule has 0 spiro atoms. The summed E-state index contributed by atoms with van der Waals surface area (Å²) in [6, 6.07) is 4.57. The fraction of sp³-hybridized carbons (Fsp3) is 0.182. The van der Waals surface area contributed by atoms with Crippen LogP contribution in [0.15, 0.2) is 40.4 Å². The van der Waals surface area contributed by atoms with Gasteiger partial charge in [0.2, 0.25) is 0 Å². The second-order valence-electron chi connectivity index (χ2n) is 3.83. The van der Waals surface area contributed by atoms with E-state index in [1.165, 1.54) is 18.5 Å². The minimum absolute atomic E-state index is 0.0340. The first kappa shape index (κ1) is 13.4. The van der Waals surface area contributed by atoms with Gasteiger partial charge in [-0.3, -0.25) is 4.79 Å². The van der Waals surface area contributed by atoms with Gasteiger partial charge in [-0.2, -0.15) is 0 Å². The molecule has 0 atom stereocenters. The van der Waals surface area contributed by atoms with E-state index in [1.807, 2.05) is 0 Å². The molecule has 0 aliphatic heterocycles. The number of nitrogens with zero attached hydrogens (tertiary/aromatic N) is 2. The molecule has 0 amide bonds. The maximum atomic E-state index is 12.0. The van der Waals surface area contributed by atoms with Crippen LogP contribution >= 0.6 is 0 Å². The van der Waals surface area contributed by atoms with Crippen molar-refractivity contribution in [1.29, 1.82) is 0 Å². The lowest BCUT2D eigenvalue weighted by molar-refractivity contribution is 0.574. The molecule has 0 bridgehead atoms. The van der Waals surface area contributed by atoms with Gasteiger partial charge in [-0.15, -0.1) is 0 Å². The quantitative estimate of drug-likeness (QED) is 0.817. The highest BCUT2D eigenvalue weighted by molar-refractivity contribution is 7.89. The van der Waals surface area contributed by atoms with Crippen molar-refractivity contribution in [3.8, 4) is 0 Å². The van der Waals surface area contributed by atoms with Crippen molar-refractivity contribution in [2.24, 2.45) is 0 Å². The molecule has 100 valence electrons. The monoisotopic (exact) mass is 280 g/mol. The van der Waals surface area contributed by atoms with Crippen molar-refractivity contribution in [3.63, 3.8) is 0 Å². The number of hydrogen-bond donors (Lipinski definition) is 2. The van der Waals surface area contributed by atoms with Gasteiger partial charge in [0.1, 0.15) is 5.82 Å². The summed E-state index contributed by atoms with van der Waals surface area (Å²) in [5.41, 5.74) is 0.211. The third kappa shape index (κ3) is 3.24. The van der Waals surface area contributed by atoms with E-state index in [0.717, 1.165) is 0 Å². The number of rotatable bonds is 4. The van der Waals surface area contributed by atoms with Crippen LogP contribution in [0.5, 0.6) is 0 Å². The normalized spacial score (nSPS) is 11.4. The van der Waals surface area contributed by atoms with Crippen molar-refractivity contribution >= 4 is 10.0 Å². The van der Waals surface area contributed by atoms with E-state index >= 15 is 0 Å². The molecule has 0 saturated heterocycles. The Morgan fingerprint density at radius 1 is 1.26 bits per heavy atom. The van der Waals surface area contributed by atoms with Gasteiger partial charge in [0.25, 0.3) is 15.6 Å². The van der Waals surface area contributed by atoms with E-state index in [0.29, 0.717) is 5.56 Å². The highest BCUT2D eigenvalue weighted by Gasteiger charge is 2.17. The summed E-state index contributed by atoms with van der Waals surface area (Å²) in [6.45, 7) is 1.55. The molecular formula is C11H12N4O3S. The number of hydrogen-bond acceptors (Lipinski definition) is 5. The predicted molar refractivity (Wildman–Crippen MR) is 67.9 cm³/mol. The van der Waals surface area contributed by atoms with Gasteiger partial charge in [0.15, 0.2) is 5.03 Å². The molecule has 2 aromatic heterocycles. The molecule has 0 aliphatic carbocycles. The molecule has 0 fully saturated rings. The number of aromatic nitrogens is 3. The van der Waals surface area contributed by atoms with Crippen LogP contribution in [0.25, 0.3) is 0 Å². The SMILES string of the molecule is Cc1cccnc1S(=O)(=O)NCc1nccc(=O)[nH]1. The smallest absolute Gasteiger partial charge is 0.258 e. The molecule has 2 heterocycles. The minimum atomic E-state index is -3.73. The van der Waals surface area contributed by atoms with Crippen LogP contribution in [-0.2, 0) is 16.6 Å². The number of H-pyrrole nitrogens is 1.